The highest BCUT2D eigenvalue weighted by molar-refractivity contribution is 6.30. The number of aliphatic hydroxyl groups excluding tert-OH is 1. The predicted molar refractivity (Wildman–Crippen MR) is 83.0 cm³/mol. The van der Waals surface area contributed by atoms with Crippen molar-refractivity contribution in [2.24, 2.45) is 0 Å². The highest BCUT2D eigenvalue weighted by atomic mass is 35.5. The van der Waals surface area contributed by atoms with Crippen molar-refractivity contribution in [1.29, 1.82) is 0 Å². The summed E-state index contributed by atoms with van der Waals surface area (Å²) in [4.78, 5) is 13.4. The van der Waals surface area contributed by atoms with Gasteiger partial charge in [-0.05, 0) is 38.5 Å². The molecule has 0 spiro atoms. The van der Waals surface area contributed by atoms with Crippen LogP contribution in [0.1, 0.15) is 32.4 Å². The molecule has 0 aliphatic rings. The van der Waals surface area contributed by atoms with E-state index in [9.17, 15) is 14.3 Å². The zero-order chi connectivity index (χ0) is 16.9. The van der Waals surface area contributed by atoms with Crippen molar-refractivity contribution in [3.63, 3.8) is 0 Å². The molecule has 0 aliphatic carbocycles. The van der Waals surface area contributed by atoms with Crippen LogP contribution in [0.4, 0.5) is 9.18 Å². The third-order valence-corrected chi connectivity index (χ3v) is 3.07. The van der Waals surface area contributed by atoms with E-state index in [0.29, 0.717) is 5.56 Å². The number of rotatable bonds is 4. The van der Waals surface area contributed by atoms with Crippen LogP contribution in [0.5, 0.6) is 0 Å². The Morgan fingerprint density at radius 2 is 2.18 bits per heavy atom. The Kier molecular flexibility index (Phi) is 6.21. The van der Waals surface area contributed by atoms with Gasteiger partial charge in [0.25, 0.3) is 0 Å². The van der Waals surface area contributed by atoms with Crippen LogP contribution in [-0.2, 0) is 4.74 Å². The van der Waals surface area contributed by atoms with Gasteiger partial charge in [-0.15, -0.1) is 6.42 Å². The standard InChI is InChI=1S/C16H19ClFNO3/c1-5-8-19(15(21)22-16(2,3)4)14(10-20)11-6-7-12(17)13(18)9-11/h1,6-7,9,14,20H,8,10H2,2-4H3. The SMILES string of the molecule is C#CCN(C(=O)OC(C)(C)C)C(CO)c1ccc(Cl)c(F)c1. The maximum atomic E-state index is 13.6. The highest BCUT2D eigenvalue weighted by Gasteiger charge is 2.29. The van der Waals surface area contributed by atoms with Crippen LogP contribution in [0.2, 0.25) is 5.02 Å². The number of amides is 1. The molecule has 1 rings (SSSR count). The monoisotopic (exact) mass is 327 g/mol. The van der Waals surface area contributed by atoms with E-state index in [1.807, 2.05) is 0 Å². The third kappa shape index (κ3) is 4.90. The summed E-state index contributed by atoms with van der Waals surface area (Å²) in [6.07, 6.45) is 4.60. The number of carbonyl (C=O) groups is 1. The molecule has 1 N–H and O–H groups in total. The average Bonchev–Trinajstić information content (AvgIpc) is 2.40. The topological polar surface area (TPSA) is 49.8 Å². The number of aliphatic hydroxyl groups is 1. The molecule has 6 heteroatoms. The van der Waals surface area contributed by atoms with Crippen molar-refractivity contribution >= 4 is 17.7 Å². The van der Waals surface area contributed by atoms with E-state index < -0.39 is 30.2 Å². The van der Waals surface area contributed by atoms with Gasteiger partial charge in [0.15, 0.2) is 0 Å². The molecular weight excluding hydrogens is 309 g/mol. The Bertz CT molecular complexity index is 578. The van der Waals surface area contributed by atoms with Gasteiger partial charge in [-0.3, -0.25) is 4.90 Å². The van der Waals surface area contributed by atoms with E-state index in [2.05, 4.69) is 5.92 Å². The normalized spacial score (nSPS) is 12.4. The molecule has 0 aliphatic heterocycles. The first-order valence-electron chi connectivity index (χ1n) is 6.68. The molecule has 1 amide bonds. The fourth-order valence-electron chi connectivity index (χ4n) is 1.82. The lowest BCUT2D eigenvalue weighted by atomic mass is 10.1. The van der Waals surface area contributed by atoms with Crippen molar-refractivity contribution in [3.05, 3.63) is 34.6 Å². The first-order chi connectivity index (χ1) is 10.2. The Labute approximate surface area is 134 Å². The van der Waals surface area contributed by atoms with Gasteiger partial charge in [0.1, 0.15) is 11.4 Å². The minimum absolute atomic E-state index is 0.0405. The maximum Gasteiger partial charge on any atom is 0.411 e. The fraction of sp³-hybridized carbons (Fsp3) is 0.438. The number of halogens is 2. The van der Waals surface area contributed by atoms with E-state index in [-0.39, 0.29) is 11.6 Å². The smallest absolute Gasteiger partial charge is 0.411 e. The van der Waals surface area contributed by atoms with Gasteiger partial charge in [0.2, 0.25) is 0 Å². The Morgan fingerprint density at radius 3 is 2.64 bits per heavy atom. The van der Waals surface area contributed by atoms with Gasteiger partial charge in [-0.1, -0.05) is 23.6 Å². The number of hydrogen-bond acceptors (Lipinski definition) is 3. The molecule has 0 aromatic heterocycles. The van der Waals surface area contributed by atoms with Crippen LogP contribution < -0.4 is 0 Å². The molecule has 0 saturated heterocycles. The molecule has 1 aromatic carbocycles. The zero-order valence-electron chi connectivity index (χ0n) is 12.8. The number of nitrogens with zero attached hydrogens (tertiary/aromatic N) is 1. The minimum atomic E-state index is -0.822. The molecule has 0 fully saturated rings. The maximum absolute atomic E-state index is 13.6. The third-order valence-electron chi connectivity index (χ3n) is 2.77. The van der Waals surface area contributed by atoms with Crippen LogP contribution >= 0.6 is 11.6 Å². The van der Waals surface area contributed by atoms with Crippen LogP contribution in [0.25, 0.3) is 0 Å². The second-order valence-corrected chi connectivity index (χ2v) is 6.09. The zero-order valence-corrected chi connectivity index (χ0v) is 13.5. The number of benzene rings is 1. The molecular formula is C16H19ClFNO3. The van der Waals surface area contributed by atoms with E-state index in [4.69, 9.17) is 22.8 Å². The summed E-state index contributed by atoms with van der Waals surface area (Å²) < 4.78 is 18.9. The second kappa shape index (κ2) is 7.48. The molecule has 1 unspecified atom stereocenters. The summed E-state index contributed by atoms with van der Waals surface area (Å²) in [7, 11) is 0. The summed E-state index contributed by atoms with van der Waals surface area (Å²) >= 11 is 5.64. The lowest BCUT2D eigenvalue weighted by Gasteiger charge is -2.31. The van der Waals surface area contributed by atoms with Gasteiger partial charge >= 0.3 is 6.09 Å². The number of ether oxygens (including phenoxy) is 1. The van der Waals surface area contributed by atoms with Crippen molar-refractivity contribution < 1.29 is 19.0 Å². The van der Waals surface area contributed by atoms with Crippen molar-refractivity contribution in [2.75, 3.05) is 13.2 Å². The molecule has 0 bridgehead atoms. The molecule has 1 aromatic rings. The average molecular weight is 328 g/mol. The van der Waals surface area contributed by atoms with Crippen molar-refractivity contribution in [1.82, 2.24) is 4.90 Å². The van der Waals surface area contributed by atoms with Crippen LogP contribution in [0.3, 0.4) is 0 Å². The predicted octanol–water partition coefficient (Wildman–Crippen LogP) is 3.38. The minimum Gasteiger partial charge on any atom is -0.444 e. The summed E-state index contributed by atoms with van der Waals surface area (Å²) in [5.41, 5.74) is -0.333. The summed E-state index contributed by atoms with van der Waals surface area (Å²) in [6, 6.07) is 3.23. The lowest BCUT2D eigenvalue weighted by molar-refractivity contribution is 0.0125. The summed E-state index contributed by atoms with van der Waals surface area (Å²) in [6.45, 7) is 4.64. The van der Waals surface area contributed by atoms with Crippen LogP contribution in [-0.4, -0.2) is 34.9 Å². The van der Waals surface area contributed by atoms with Gasteiger partial charge in [0, 0.05) is 0 Å². The number of terminal acetylenes is 1. The Balaban J connectivity index is 3.12. The van der Waals surface area contributed by atoms with E-state index in [1.54, 1.807) is 20.8 Å². The Morgan fingerprint density at radius 1 is 1.55 bits per heavy atom. The fourth-order valence-corrected chi connectivity index (χ4v) is 1.94. The first kappa shape index (κ1) is 18.3. The lowest BCUT2D eigenvalue weighted by Crippen LogP contribution is -2.40. The Hall–Kier alpha value is -1.77. The largest absolute Gasteiger partial charge is 0.444 e. The number of carbonyl (C=O) groups excluding carboxylic acids is 1. The second-order valence-electron chi connectivity index (χ2n) is 5.68. The number of hydrogen-bond donors (Lipinski definition) is 1. The molecule has 1 atom stereocenters. The van der Waals surface area contributed by atoms with Gasteiger partial charge < -0.3 is 9.84 Å². The van der Waals surface area contributed by atoms with E-state index >= 15 is 0 Å². The van der Waals surface area contributed by atoms with Gasteiger partial charge in [0.05, 0.1) is 24.2 Å². The summed E-state index contributed by atoms with van der Waals surface area (Å²) in [5, 5.41) is 9.57. The molecule has 4 nitrogen and oxygen atoms in total. The van der Waals surface area contributed by atoms with E-state index in [1.165, 1.54) is 17.0 Å². The van der Waals surface area contributed by atoms with Crippen molar-refractivity contribution in [2.45, 2.75) is 32.4 Å². The van der Waals surface area contributed by atoms with Gasteiger partial charge in [-0.2, -0.15) is 0 Å². The molecule has 22 heavy (non-hydrogen) atoms. The van der Waals surface area contributed by atoms with Crippen LogP contribution in [0.15, 0.2) is 18.2 Å². The molecule has 0 radical (unpaired) electrons. The molecule has 120 valence electrons. The van der Waals surface area contributed by atoms with Gasteiger partial charge in [-0.25, -0.2) is 9.18 Å². The van der Waals surface area contributed by atoms with Crippen molar-refractivity contribution in [3.8, 4) is 12.3 Å². The molecule has 0 saturated carbocycles. The highest BCUT2D eigenvalue weighted by Crippen LogP contribution is 2.26. The van der Waals surface area contributed by atoms with Crippen LogP contribution in [0, 0.1) is 18.2 Å². The van der Waals surface area contributed by atoms with E-state index in [0.717, 1.165) is 6.07 Å². The quantitative estimate of drug-likeness (QED) is 0.862. The first-order valence-corrected chi connectivity index (χ1v) is 7.06. The summed E-state index contributed by atoms with van der Waals surface area (Å²) in [5.74, 6) is 1.70. The molecule has 0 heterocycles.